The Hall–Kier alpha value is -2.19. The van der Waals surface area contributed by atoms with Gasteiger partial charge in [0.05, 0.1) is 0 Å². The molecule has 0 fully saturated rings. The molecule has 0 bridgehead atoms. The molecule has 3 rings (SSSR count). The van der Waals surface area contributed by atoms with Crippen LogP contribution in [0.25, 0.3) is 0 Å². The van der Waals surface area contributed by atoms with E-state index < -0.39 is 0 Å². The Morgan fingerprint density at radius 2 is 1.14 bits per heavy atom. The molecular weight excluding hydrogens is 274 g/mol. The van der Waals surface area contributed by atoms with Crippen molar-refractivity contribution < 1.29 is 0 Å². The molecule has 0 aliphatic rings. The van der Waals surface area contributed by atoms with Crippen LogP contribution in [0.2, 0.25) is 0 Å². The van der Waals surface area contributed by atoms with Gasteiger partial charge in [-0.05, 0) is 48.7 Å². The molecule has 0 spiro atoms. The predicted molar refractivity (Wildman–Crippen MR) is 92.9 cm³/mol. The highest BCUT2D eigenvalue weighted by molar-refractivity contribution is 7.98. The lowest BCUT2D eigenvalue weighted by Gasteiger charge is -2.25. The molecule has 0 saturated heterocycles. The van der Waals surface area contributed by atoms with Crippen molar-refractivity contribution in [2.24, 2.45) is 0 Å². The van der Waals surface area contributed by atoms with Gasteiger partial charge in [-0.2, -0.15) is 0 Å². The summed E-state index contributed by atoms with van der Waals surface area (Å²) in [6, 6.07) is 29.6. The molecule has 2 heteroatoms. The Balaban J connectivity index is 2.12. The molecule has 0 atom stereocenters. The van der Waals surface area contributed by atoms with E-state index >= 15 is 0 Å². The molecule has 0 aromatic heterocycles. The van der Waals surface area contributed by atoms with Gasteiger partial charge in [0, 0.05) is 22.0 Å². The quantitative estimate of drug-likeness (QED) is 0.552. The van der Waals surface area contributed by atoms with Gasteiger partial charge in [0.15, 0.2) is 0 Å². The highest BCUT2D eigenvalue weighted by atomic mass is 32.2. The SMILES string of the molecule is CSc1cccc(N(c2ccccc2)c2ccccc2)c1. The first kappa shape index (κ1) is 13.8. The van der Waals surface area contributed by atoms with E-state index in [2.05, 4.69) is 84.0 Å². The smallest absolute Gasteiger partial charge is 0.0472 e. The maximum absolute atomic E-state index is 2.28. The Labute approximate surface area is 130 Å². The average Bonchev–Trinajstić information content (AvgIpc) is 2.57. The minimum Gasteiger partial charge on any atom is -0.310 e. The van der Waals surface area contributed by atoms with Crippen molar-refractivity contribution in [3.05, 3.63) is 84.9 Å². The van der Waals surface area contributed by atoms with Gasteiger partial charge in [0.25, 0.3) is 0 Å². The van der Waals surface area contributed by atoms with Crippen LogP contribution in [0, 0.1) is 0 Å². The molecule has 21 heavy (non-hydrogen) atoms. The first-order chi connectivity index (χ1) is 10.4. The molecule has 0 heterocycles. The van der Waals surface area contributed by atoms with Crippen LogP contribution in [0.1, 0.15) is 0 Å². The minimum absolute atomic E-state index is 1.17. The molecular formula is C19H17NS. The van der Waals surface area contributed by atoms with Crippen molar-refractivity contribution in [2.75, 3.05) is 11.2 Å². The van der Waals surface area contributed by atoms with Crippen molar-refractivity contribution in [2.45, 2.75) is 4.90 Å². The Bertz CT molecular complexity index is 656. The van der Waals surface area contributed by atoms with Gasteiger partial charge < -0.3 is 4.90 Å². The number of benzene rings is 3. The second-order valence-electron chi connectivity index (χ2n) is 4.71. The fourth-order valence-electron chi connectivity index (χ4n) is 2.35. The summed E-state index contributed by atoms with van der Waals surface area (Å²) in [5.41, 5.74) is 3.52. The lowest BCUT2D eigenvalue weighted by atomic mass is 10.2. The number of anilines is 3. The monoisotopic (exact) mass is 291 g/mol. The topological polar surface area (TPSA) is 3.24 Å². The molecule has 0 aliphatic carbocycles. The summed E-state index contributed by atoms with van der Waals surface area (Å²) < 4.78 is 0. The van der Waals surface area contributed by atoms with Gasteiger partial charge in [0.2, 0.25) is 0 Å². The minimum atomic E-state index is 1.17. The standard InChI is InChI=1S/C19H17NS/c1-21-19-14-8-13-18(15-19)20(16-9-4-2-5-10-16)17-11-6-3-7-12-17/h2-15H,1H3. The summed E-state index contributed by atoms with van der Waals surface area (Å²) in [7, 11) is 0. The molecule has 0 radical (unpaired) electrons. The van der Waals surface area contributed by atoms with E-state index in [1.165, 1.54) is 22.0 Å². The Morgan fingerprint density at radius 1 is 0.619 bits per heavy atom. The van der Waals surface area contributed by atoms with Crippen LogP contribution < -0.4 is 4.90 Å². The van der Waals surface area contributed by atoms with Crippen LogP contribution in [0.5, 0.6) is 0 Å². The van der Waals surface area contributed by atoms with Crippen molar-refractivity contribution >= 4 is 28.8 Å². The number of para-hydroxylation sites is 2. The zero-order valence-corrected chi connectivity index (χ0v) is 12.8. The molecule has 0 N–H and O–H groups in total. The average molecular weight is 291 g/mol. The van der Waals surface area contributed by atoms with Gasteiger partial charge in [-0.25, -0.2) is 0 Å². The highest BCUT2D eigenvalue weighted by Gasteiger charge is 2.11. The van der Waals surface area contributed by atoms with Gasteiger partial charge >= 0.3 is 0 Å². The van der Waals surface area contributed by atoms with Crippen LogP contribution in [0.15, 0.2) is 89.8 Å². The predicted octanol–water partition coefficient (Wildman–Crippen LogP) is 5.88. The molecule has 0 aliphatic heterocycles. The van der Waals surface area contributed by atoms with Crippen molar-refractivity contribution in [3.63, 3.8) is 0 Å². The van der Waals surface area contributed by atoms with Crippen LogP contribution in [-0.2, 0) is 0 Å². The third kappa shape index (κ3) is 3.11. The zero-order valence-electron chi connectivity index (χ0n) is 11.9. The number of hydrogen-bond acceptors (Lipinski definition) is 2. The van der Waals surface area contributed by atoms with Crippen molar-refractivity contribution in [1.29, 1.82) is 0 Å². The van der Waals surface area contributed by atoms with E-state index in [0.29, 0.717) is 0 Å². The molecule has 104 valence electrons. The summed E-state index contributed by atoms with van der Waals surface area (Å²) >= 11 is 1.76. The summed E-state index contributed by atoms with van der Waals surface area (Å²) in [6.45, 7) is 0. The van der Waals surface area contributed by atoms with Crippen LogP contribution in [0.3, 0.4) is 0 Å². The number of rotatable bonds is 4. The van der Waals surface area contributed by atoms with Crippen molar-refractivity contribution in [1.82, 2.24) is 0 Å². The van der Waals surface area contributed by atoms with Gasteiger partial charge in [0.1, 0.15) is 0 Å². The molecule has 0 amide bonds. The van der Waals surface area contributed by atoms with Crippen LogP contribution in [-0.4, -0.2) is 6.26 Å². The van der Waals surface area contributed by atoms with E-state index in [9.17, 15) is 0 Å². The number of thioether (sulfide) groups is 1. The highest BCUT2D eigenvalue weighted by Crippen LogP contribution is 2.35. The summed E-state index contributed by atoms with van der Waals surface area (Å²) in [5, 5.41) is 0. The molecule has 0 unspecified atom stereocenters. The summed E-state index contributed by atoms with van der Waals surface area (Å²) in [6.07, 6.45) is 2.11. The second kappa shape index (κ2) is 6.51. The number of nitrogens with zero attached hydrogens (tertiary/aromatic N) is 1. The van der Waals surface area contributed by atoms with Gasteiger partial charge in [-0.15, -0.1) is 11.8 Å². The summed E-state index contributed by atoms with van der Waals surface area (Å²) in [5.74, 6) is 0. The first-order valence-electron chi connectivity index (χ1n) is 6.93. The van der Waals surface area contributed by atoms with E-state index in [1.54, 1.807) is 11.8 Å². The summed E-state index contributed by atoms with van der Waals surface area (Å²) in [4.78, 5) is 3.55. The van der Waals surface area contributed by atoms with Crippen LogP contribution >= 0.6 is 11.8 Å². The van der Waals surface area contributed by atoms with Gasteiger partial charge in [-0.3, -0.25) is 0 Å². The largest absolute Gasteiger partial charge is 0.310 e. The fourth-order valence-corrected chi connectivity index (χ4v) is 2.80. The Morgan fingerprint density at radius 3 is 1.67 bits per heavy atom. The van der Waals surface area contributed by atoms with E-state index in [4.69, 9.17) is 0 Å². The lowest BCUT2D eigenvalue weighted by Crippen LogP contribution is -2.09. The molecule has 1 nitrogen and oxygen atoms in total. The molecule has 3 aromatic carbocycles. The lowest BCUT2D eigenvalue weighted by molar-refractivity contribution is 1.26. The first-order valence-corrected chi connectivity index (χ1v) is 8.15. The van der Waals surface area contributed by atoms with E-state index in [-0.39, 0.29) is 0 Å². The fraction of sp³-hybridized carbons (Fsp3) is 0.0526. The molecule has 3 aromatic rings. The van der Waals surface area contributed by atoms with Crippen molar-refractivity contribution in [3.8, 4) is 0 Å². The maximum atomic E-state index is 2.28. The third-order valence-corrected chi connectivity index (χ3v) is 4.07. The maximum Gasteiger partial charge on any atom is 0.0472 e. The Kier molecular flexibility index (Phi) is 4.27. The second-order valence-corrected chi connectivity index (χ2v) is 5.59. The zero-order chi connectivity index (χ0) is 14.5. The van der Waals surface area contributed by atoms with E-state index in [0.717, 1.165) is 0 Å². The van der Waals surface area contributed by atoms with Gasteiger partial charge in [-0.1, -0.05) is 42.5 Å². The normalized spacial score (nSPS) is 10.3. The van der Waals surface area contributed by atoms with Crippen LogP contribution in [0.4, 0.5) is 17.1 Å². The number of hydrogen-bond donors (Lipinski definition) is 0. The molecule has 0 saturated carbocycles. The third-order valence-electron chi connectivity index (χ3n) is 3.34. The van der Waals surface area contributed by atoms with E-state index in [1.807, 2.05) is 12.1 Å².